The number of carbonyl (C=O) groups excluding carboxylic acids is 1. The minimum atomic E-state index is -0.565. The van der Waals surface area contributed by atoms with E-state index in [0.29, 0.717) is 28.3 Å². The minimum absolute atomic E-state index is 0.0281. The number of nitriles is 1. The summed E-state index contributed by atoms with van der Waals surface area (Å²) in [6, 6.07) is 19.5. The highest BCUT2D eigenvalue weighted by atomic mass is 35.5. The lowest BCUT2D eigenvalue weighted by Gasteiger charge is -2.09. The molecule has 0 aromatic heterocycles. The predicted octanol–water partition coefficient (Wildman–Crippen LogP) is 5.38. The first kappa shape index (κ1) is 23.3. The first-order valence-electron chi connectivity index (χ1n) is 9.62. The van der Waals surface area contributed by atoms with Gasteiger partial charge in [-0.2, -0.15) is 5.26 Å². The summed E-state index contributed by atoms with van der Waals surface area (Å²) >= 11 is 6.28. The van der Waals surface area contributed by atoms with E-state index in [-0.39, 0.29) is 22.9 Å². The minimum Gasteiger partial charge on any atom is -0.497 e. The van der Waals surface area contributed by atoms with Gasteiger partial charge in [-0.1, -0.05) is 29.8 Å². The van der Waals surface area contributed by atoms with Crippen LogP contribution in [0.25, 0.3) is 6.08 Å². The predicted molar refractivity (Wildman–Crippen MR) is 124 cm³/mol. The van der Waals surface area contributed by atoms with Crippen LogP contribution in [0.4, 0.5) is 11.4 Å². The van der Waals surface area contributed by atoms with Gasteiger partial charge in [0.15, 0.2) is 0 Å². The summed E-state index contributed by atoms with van der Waals surface area (Å²) in [6.07, 6.45) is 1.41. The van der Waals surface area contributed by atoms with Crippen LogP contribution >= 0.6 is 11.6 Å². The average molecular weight is 464 g/mol. The van der Waals surface area contributed by atoms with Crippen LogP contribution in [0, 0.1) is 21.4 Å². The maximum Gasteiger partial charge on any atom is 0.269 e. The Labute approximate surface area is 194 Å². The number of hydrogen-bond donors (Lipinski definition) is 1. The molecule has 8 nitrogen and oxygen atoms in total. The molecule has 166 valence electrons. The van der Waals surface area contributed by atoms with E-state index in [1.54, 1.807) is 61.7 Å². The van der Waals surface area contributed by atoms with Crippen LogP contribution in [-0.2, 0) is 11.4 Å². The molecule has 0 unspecified atom stereocenters. The maximum absolute atomic E-state index is 12.5. The molecule has 0 spiro atoms. The summed E-state index contributed by atoms with van der Waals surface area (Å²) in [6.45, 7) is 0.0876. The summed E-state index contributed by atoms with van der Waals surface area (Å²) in [4.78, 5) is 22.9. The number of methoxy groups -OCH3 is 1. The molecule has 0 aliphatic heterocycles. The fraction of sp³-hybridized carbons (Fsp3) is 0.0833. The van der Waals surface area contributed by atoms with Crippen LogP contribution < -0.4 is 14.8 Å². The lowest BCUT2D eigenvalue weighted by Crippen LogP contribution is -2.13. The smallest absolute Gasteiger partial charge is 0.269 e. The lowest BCUT2D eigenvalue weighted by molar-refractivity contribution is -0.384. The van der Waals surface area contributed by atoms with Gasteiger partial charge in [0.1, 0.15) is 29.7 Å². The van der Waals surface area contributed by atoms with E-state index in [4.69, 9.17) is 21.1 Å². The zero-order valence-corrected chi connectivity index (χ0v) is 18.2. The molecule has 0 aliphatic carbocycles. The Morgan fingerprint density at radius 2 is 1.94 bits per heavy atom. The summed E-state index contributed by atoms with van der Waals surface area (Å²) in [5.74, 6) is 0.442. The molecular formula is C24H18ClN3O5. The van der Waals surface area contributed by atoms with Crippen molar-refractivity contribution in [3.8, 4) is 17.6 Å². The van der Waals surface area contributed by atoms with Gasteiger partial charge < -0.3 is 14.8 Å². The Kier molecular flexibility index (Phi) is 7.63. The second kappa shape index (κ2) is 10.8. The number of rotatable bonds is 8. The Bertz CT molecular complexity index is 1250. The molecule has 0 atom stereocenters. The standard InChI is InChI=1S/C24H18ClN3O5/c1-32-21-8-6-19(7-9-21)27-24(29)18(14-26)11-16-5-10-23(22(25)13-16)33-15-17-3-2-4-20(12-17)28(30)31/h2-13H,15H2,1H3,(H,27,29)/b18-11+. The summed E-state index contributed by atoms with van der Waals surface area (Å²) < 4.78 is 10.7. The number of non-ortho nitro benzene ring substituents is 1. The van der Waals surface area contributed by atoms with E-state index in [1.807, 2.05) is 6.07 Å². The largest absolute Gasteiger partial charge is 0.497 e. The van der Waals surface area contributed by atoms with Crippen molar-refractivity contribution in [1.29, 1.82) is 5.26 Å². The van der Waals surface area contributed by atoms with Crippen molar-refractivity contribution in [2.24, 2.45) is 0 Å². The number of anilines is 1. The number of carbonyl (C=O) groups is 1. The average Bonchev–Trinajstić information content (AvgIpc) is 2.82. The lowest BCUT2D eigenvalue weighted by atomic mass is 10.1. The fourth-order valence-corrected chi connectivity index (χ4v) is 3.08. The van der Waals surface area contributed by atoms with Crippen molar-refractivity contribution < 1.29 is 19.2 Å². The van der Waals surface area contributed by atoms with Crippen LogP contribution in [0.15, 0.2) is 72.3 Å². The van der Waals surface area contributed by atoms with Crippen LogP contribution in [0.3, 0.4) is 0 Å². The molecule has 0 fully saturated rings. The Morgan fingerprint density at radius 1 is 1.18 bits per heavy atom. The van der Waals surface area contributed by atoms with E-state index in [1.165, 1.54) is 18.2 Å². The van der Waals surface area contributed by atoms with Gasteiger partial charge in [-0.25, -0.2) is 0 Å². The molecule has 0 aliphatic rings. The van der Waals surface area contributed by atoms with Crippen molar-refractivity contribution >= 4 is 35.0 Å². The highest BCUT2D eigenvalue weighted by molar-refractivity contribution is 6.32. The van der Waals surface area contributed by atoms with Crippen molar-refractivity contribution in [1.82, 2.24) is 0 Å². The van der Waals surface area contributed by atoms with E-state index in [0.717, 1.165) is 0 Å². The Balaban J connectivity index is 1.69. The summed E-state index contributed by atoms with van der Waals surface area (Å²) in [5, 5.41) is 23.2. The van der Waals surface area contributed by atoms with Gasteiger partial charge in [-0.05, 0) is 53.6 Å². The van der Waals surface area contributed by atoms with E-state index in [2.05, 4.69) is 5.32 Å². The van der Waals surface area contributed by atoms with Gasteiger partial charge in [0.05, 0.1) is 17.1 Å². The van der Waals surface area contributed by atoms with E-state index >= 15 is 0 Å². The number of nitro benzene ring substituents is 1. The molecule has 3 aromatic rings. The van der Waals surface area contributed by atoms with Gasteiger partial charge in [-0.15, -0.1) is 0 Å². The number of nitro groups is 1. The van der Waals surface area contributed by atoms with Gasteiger partial charge >= 0.3 is 0 Å². The van der Waals surface area contributed by atoms with E-state index < -0.39 is 10.8 Å². The molecule has 9 heteroatoms. The zero-order chi connectivity index (χ0) is 23.8. The Hall–Kier alpha value is -4.35. The Morgan fingerprint density at radius 3 is 2.58 bits per heavy atom. The molecule has 1 amide bonds. The van der Waals surface area contributed by atoms with Gasteiger partial charge in [0, 0.05) is 17.8 Å². The van der Waals surface area contributed by atoms with Crippen LogP contribution in [0.2, 0.25) is 5.02 Å². The van der Waals surface area contributed by atoms with Gasteiger partial charge in [0.25, 0.3) is 11.6 Å². The SMILES string of the molecule is COc1ccc(NC(=O)/C(C#N)=C/c2ccc(OCc3cccc([N+](=O)[O-])c3)c(Cl)c2)cc1. The third-order valence-electron chi connectivity index (χ3n) is 4.50. The highest BCUT2D eigenvalue weighted by Gasteiger charge is 2.11. The third-order valence-corrected chi connectivity index (χ3v) is 4.79. The van der Waals surface area contributed by atoms with Crippen LogP contribution in [-0.4, -0.2) is 17.9 Å². The number of nitrogens with zero attached hydrogens (tertiary/aromatic N) is 2. The number of halogens is 1. The third kappa shape index (κ3) is 6.32. The number of nitrogens with one attached hydrogen (secondary N) is 1. The van der Waals surface area contributed by atoms with Crippen molar-refractivity contribution in [2.75, 3.05) is 12.4 Å². The molecule has 0 saturated carbocycles. The fourth-order valence-electron chi connectivity index (χ4n) is 2.83. The molecule has 33 heavy (non-hydrogen) atoms. The first-order valence-corrected chi connectivity index (χ1v) is 10.0. The molecule has 0 bridgehead atoms. The molecule has 1 N–H and O–H groups in total. The first-order chi connectivity index (χ1) is 15.9. The molecule has 0 radical (unpaired) electrons. The van der Waals surface area contributed by atoms with Gasteiger partial charge in [-0.3, -0.25) is 14.9 Å². The number of benzene rings is 3. The van der Waals surface area contributed by atoms with Crippen LogP contribution in [0.5, 0.6) is 11.5 Å². The van der Waals surface area contributed by atoms with Crippen molar-refractivity contribution in [3.63, 3.8) is 0 Å². The normalized spacial score (nSPS) is 10.8. The monoisotopic (exact) mass is 463 g/mol. The molecule has 0 heterocycles. The topological polar surface area (TPSA) is 114 Å². The quantitative estimate of drug-likeness (QED) is 0.207. The highest BCUT2D eigenvalue weighted by Crippen LogP contribution is 2.28. The summed E-state index contributed by atoms with van der Waals surface area (Å²) in [5.41, 5.74) is 1.53. The molecule has 3 rings (SSSR count). The second-order valence-electron chi connectivity index (χ2n) is 6.76. The number of ether oxygens (including phenoxy) is 2. The number of amides is 1. The molecule has 0 saturated heterocycles. The molecular weight excluding hydrogens is 446 g/mol. The van der Waals surface area contributed by atoms with E-state index in [9.17, 15) is 20.2 Å². The van der Waals surface area contributed by atoms with Crippen molar-refractivity contribution in [2.45, 2.75) is 6.61 Å². The summed E-state index contributed by atoms with van der Waals surface area (Å²) in [7, 11) is 1.54. The van der Waals surface area contributed by atoms with Crippen molar-refractivity contribution in [3.05, 3.63) is 98.6 Å². The maximum atomic E-state index is 12.5. The van der Waals surface area contributed by atoms with Gasteiger partial charge in [0.2, 0.25) is 0 Å². The number of hydrogen-bond acceptors (Lipinski definition) is 6. The second-order valence-corrected chi connectivity index (χ2v) is 7.17. The molecule has 3 aromatic carbocycles. The van der Waals surface area contributed by atoms with Crippen LogP contribution in [0.1, 0.15) is 11.1 Å². The zero-order valence-electron chi connectivity index (χ0n) is 17.4.